The van der Waals surface area contributed by atoms with E-state index in [9.17, 15) is 9.90 Å². The van der Waals surface area contributed by atoms with Gasteiger partial charge in [-0.25, -0.2) is 4.98 Å². The normalized spacial score (nSPS) is 10.8. The molecule has 1 aromatic heterocycles. The minimum absolute atomic E-state index is 0.0150. The Bertz CT molecular complexity index is 865. The summed E-state index contributed by atoms with van der Waals surface area (Å²) < 4.78 is 0. The van der Waals surface area contributed by atoms with Gasteiger partial charge in [-0.15, -0.1) is 11.3 Å². The monoisotopic (exact) mass is 369 g/mol. The maximum Gasteiger partial charge on any atom is 0.252 e. The Balaban J connectivity index is 1.63. The third kappa shape index (κ3) is 4.50. The van der Waals surface area contributed by atoms with Gasteiger partial charge in [0.15, 0.2) is 5.01 Å². The number of benzene rings is 2. The van der Waals surface area contributed by atoms with Gasteiger partial charge in [0, 0.05) is 16.0 Å². The van der Waals surface area contributed by atoms with E-state index in [0.29, 0.717) is 10.8 Å². The van der Waals surface area contributed by atoms with Crippen LogP contribution < -0.4 is 0 Å². The summed E-state index contributed by atoms with van der Waals surface area (Å²) in [6.45, 7) is 3.83. The molecule has 0 saturated carbocycles. The molecule has 3 aromatic rings. The number of rotatable bonds is 5. The second-order valence-electron chi connectivity index (χ2n) is 5.91. The Morgan fingerprint density at radius 2 is 1.80 bits per heavy atom. The number of aromatic hydroxyl groups is 1. The predicted molar refractivity (Wildman–Crippen MR) is 104 cm³/mol. The van der Waals surface area contributed by atoms with E-state index in [1.165, 1.54) is 28.7 Å². The van der Waals surface area contributed by atoms with E-state index >= 15 is 0 Å². The molecule has 3 rings (SSSR count). The number of hydrogen-bond donors (Lipinski definition) is 1. The summed E-state index contributed by atoms with van der Waals surface area (Å²) in [6, 6.07) is 13.7. The van der Waals surface area contributed by atoms with Gasteiger partial charge in [-0.3, -0.25) is 4.79 Å². The molecule has 1 heterocycles. The number of hydrogen-bond acceptors (Lipinski definition) is 5. The molecule has 0 unspecified atom stereocenters. The average Bonchev–Trinajstić information content (AvgIpc) is 3.08. The largest absolute Gasteiger partial charge is 0.507 e. The Kier molecular flexibility index (Phi) is 5.56. The number of phenols is 1. The zero-order chi connectivity index (χ0) is 17.8. The van der Waals surface area contributed by atoms with Crippen molar-refractivity contribution in [2.45, 2.75) is 31.6 Å². The van der Waals surface area contributed by atoms with Crippen LogP contribution in [0.15, 0.2) is 53.6 Å². The number of thioether (sulfide) groups is 1. The van der Waals surface area contributed by atoms with E-state index in [-0.39, 0.29) is 5.12 Å². The maximum absolute atomic E-state index is 12.3. The van der Waals surface area contributed by atoms with Crippen molar-refractivity contribution in [3.8, 4) is 5.75 Å². The Labute approximate surface area is 155 Å². The van der Waals surface area contributed by atoms with Crippen molar-refractivity contribution in [1.29, 1.82) is 0 Å². The number of aromatic nitrogens is 1. The van der Waals surface area contributed by atoms with Crippen molar-refractivity contribution >= 4 is 28.2 Å². The molecule has 0 aliphatic heterocycles. The van der Waals surface area contributed by atoms with Crippen molar-refractivity contribution < 1.29 is 9.90 Å². The molecule has 3 nitrogen and oxygen atoms in total. The highest BCUT2D eigenvalue weighted by Gasteiger charge is 2.13. The third-order valence-corrected chi connectivity index (χ3v) is 5.96. The van der Waals surface area contributed by atoms with Crippen molar-refractivity contribution in [2.75, 3.05) is 0 Å². The Hall–Kier alpha value is -2.11. The highest BCUT2D eigenvalue weighted by atomic mass is 32.2. The summed E-state index contributed by atoms with van der Waals surface area (Å²) in [5.41, 5.74) is 2.98. The predicted octanol–water partition coefficient (Wildman–Crippen LogP) is 5.18. The highest BCUT2D eigenvalue weighted by Crippen LogP contribution is 2.27. The smallest absolute Gasteiger partial charge is 0.252 e. The fourth-order valence-corrected chi connectivity index (χ4v) is 4.26. The van der Waals surface area contributed by atoms with Crippen LogP contribution >= 0.6 is 23.1 Å². The van der Waals surface area contributed by atoms with Gasteiger partial charge < -0.3 is 5.11 Å². The minimum Gasteiger partial charge on any atom is -0.507 e. The number of thiazole rings is 1. The number of nitrogens with zero attached hydrogens (tertiary/aromatic N) is 1. The summed E-state index contributed by atoms with van der Waals surface area (Å²) in [5, 5.41) is 10.4. The zero-order valence-corrected chi connectivity index (χ0v) is 15.8. The van der Waals surface area contributed by atoms with Gasteiger partial charge in [0.1, 0.15) is 5.75 Å². The number of aryl methyl sites for hydroxylation is 4. The molecule has 0 fully saturated rings. The van der Waals surface area contributed by atoms with Crippen molar-refractivity contribution in [3.63, 3.8) is 0 Å². The molecule has 0 radical (unpaired) electrons. The molecule has 0 atom stereocenters. The maximum atomic E-state index is 12.3. The van der Waals surface area contributed by atoms with E-state index < -0.39 is 0 Å². The van der Waals surface area contributed by atoms with E-state index in [1.54, 1.807) is 6.20 Å². The van der Waals surface area contributed by atoms with Gasteiger partial charge in [-0.05, 0) is 67.3 Å². The summed E-state index contributed by atoms with van der Waals surface area (Å²) in [5.74, 6) is 0.368. The summed E-state index contributed by atoms with van der Waals surface area (Å²) in [6.07, 6.45) is 3.50. The van der Waals surface area contributed by atoms with Crippen molar-refractivity contribution in [1.82, 2.24) is 4.98 Å². The standard InChI is InChI=1S/C20H19NO2S2/c1-13-10-15(11-14(2)18(13)22)8-9-17-12-21-19(24-17)20(23)25-16-6-4-3-5-7-16/h3-7,10-12,22H,8-9H2,1-2H3. The molecule has 0 bridgehead atoms. The first-order chi connectivity index (χ1) is 12.0. The Morgan fingerprint density at radius 1 is 1.12 bits per heavy atom. The zero-order valence-electron chi connectivity index (χ0n) is 14.2. The van der Waals surface area contributed by atoms with Gasteiger partial charge >= 0.3 is 0 Å². The lowest BCUT2D eigenvalue weighted by molar-refractivity contribution is 0.108. The average molecular weight is 370 g/mol. The van der Waals surface area contributed by atoms with E-state index in [2.05, 4.69) is 4.98 Å². The van der Waals surface area contributed by atoms with Crippen LogP contribution in [0, 0.1) is 13.8 Å². The first-order valence-corrected chi connectivity index (χ1v) is 9.67. The summed E-state index contributed by atoms with van der Waals surface area (Å²) >= 11 is 2.67. The molecule has 0 aliphatic carbocycles. The molecule has 1 N–H and O–H groups in total. The summed E-state index contributed by atoms with van der Waals surface area (Å²) in [7, 11) is 0. The van der Waals surface area contributed by atoms with Crippen LogP contribution in [0.5, 0.6) is 5.75 Å². The van der Waals surface area contributed by atoms with E-state index in [0.717, 1.165) is 33.7 Å². The first-order valence-electron chi connectivity index (χ1n) is 8.04. The van der Waals surface area contributed by atoms with Gasteiger partial charge in [0.05, 0.1) is 0 Å². The SMILES string of the molecule is Cc1cc(CCc2cnc(C(=O)Sc3ccccc3)s2)cc(C)c1O. The summed E-state index contributed by atoms with van der Waals surface area (Å²) in [4.78, 5) is 18.6. The number of phenolic OH excluding ortho intramolecular Hbond substituents is 1. The fourth-order valence-electron chi connectivity index (χ4n) is 2.61. The molecule has 128 valence electrons. The Morgan fingerprint density at radius 3 is 2.48 bits per heavy atom. The quantitative estimate of drug-likeness (QED) is 0.629. The second kappa shape index (κ2) is 7.85. The number of carbonyl (C=O) groups is 1. The minimum atomic E-state index is -0.0150. The highest BCUT2D eigenvalue weighted by molar-refractivity contribution is 8.14. The van der Waals surface area contributed by atoms with E-state index in [1.807, 2.05) is 56.3 Å². The lowest BCUT2D eigenvalue weighted by Gasteiger charge is -2.07. The van der Waals surface area contributed by atoms with Crippen LogP contribution in [0.3, 0.4) is 0 Å². The van der Waals surface area contributed by atoms with Gasteiger partial charge in [0.25, 0.3) is 5.12 Å². The molecule has 0 aliphatic rings. The lowest BCUT2D eigenvalue weighted by Crippen LogP contribution is -1.92. The fraction of sp³-hybridized carbons (Fsp3) is 0.200. The van der Waals surface area contributed by atoms with Gasteiger partial charge in [-0.1, -0.05) is 30.3 Å². The van der Waals surface area contributed by atoms with Crippen LogP contribution in [0.25, 0.3) is 0 Å². The van der Waals surface area contributed by atoms with Crippen LogP contribution in [-0.4, -0.2) is 15.2 Å². The van der Waals surface area contributed by atoms with Crippen LogP contribution in [0.4, 0.5) is 0 Å². The first kappa shape index (κ1) is 17.7. The molecule has 25 heavy (non-hydrogen) atoms. The molecule has 0 spiro atoms. The van der Waals surface area contributed by atoms with Crippen LogP contribution in [0.2, 0.25) is 0 Å². The van der Waals surface area contributed by atoms with Crippen molar-refractivity contribution in [3.05, 3.63) is 75.2 Å². The lowest BCUT2D eigenvalue weighted by atomic mass is 10.0. The van der Waals surface area contributed by atoms with Gasteiger partial charge in [0.2, 0.25) is 0 Å². The molecular formula is C20H19NO2S2. The molecule has 5 heteroatoms. The van der Waals surface area contributed by atoms with E-state index in [4.69, 9.17) is 0 Å². The van der Waals surface area contributed by atoms with Crippen molar-refractivity contribution in [2.24, 2.45) is 0 Å². The molecule has 0 amide bonds. The molecule has 2 aromatic carbocycles. The molecule has 0 saturated heterocycles. The van der Waals surface area contributed by atoms with Crippen LogP contribution in [0.1, 0.15) is 31.4 Å². The second-order valence-corrected chi connectivity index (χ2v) is 8.07. The molecular weight excluding hydrogens is 350 g/mol. The third-order valence-electron chi connectivity index (χ3n) is 3.89. The van der Waals surface area contributed by atoms with Crippen LogP contribution in [-0.2, 0) is 12.8 Å². The topological polar surface area (TPSA) is 50.2 Å². The van der Waals surface area contributed by atoms with Gasteiger partial charge in [-0.2, -0.15) is 0 Å². The number of carbonyl (C=O) groups excluding carboxylic acids is 1.